The minimum atomic E-state index is 0.970. The first-order valence-electron chi connectivity index (χ1n) is 7.22. The molecule has 0 bridgehead atoms. The van der Waals surface area contributed by atoms with Crippen molar-refractivity contribution in [2.75, 3.05) is 0 Å². The Balaban J connectivity index is 2.00. The molecule has 1 rings (SSSR count). The lowest BCUT2D eigenvalue weighted by molar-refractivity contribution is 0.267. The summed E-state index contributed by atoms with van der Waals surface area (Å²) in [7, 11) is 0. The van der Waals surface area contributed by atoms with Gasteiger partial charge in [0.1, 0.15) is 0 Å². The quantitative estimate of drug-likeness (QED) is 0.549. The Morgan fingerprint density at radius 2 is 1.73 bits per heavy atom. The van der Waals surface area contributed by atoms with Crippen molar-refractivity contribution < 1.29 is 0 Å². The van der Waals surface area contributed by atoms with Crippen LogP contribution in [0.2, 0.25) is 0 Å². The molecule has 1 fully saturated rings. The third-order valence-electron chi connectivity index (χ3n) is 4.23. The first-order valence-corrected chi connectivity index (χ1v) is 7.22. The van der Waals surface area contributed by atoms with E-state index >= 15 is 0 Å². The van der Waals surface area contributed by atoms with Crippen LogP contribution in [-0.4, -0.2) is 0 Å². The molecule has 1 saturated carbocycles. The zero-order valence-corrected chi connectivity index (χ0v) is 11.1. The zero-order valence-electron chi connectivity index (χ0n) is 11.1. The molecule has 0 spiro atoms. The van der Waals surface area contributed by atoms with E-state index in [1.54, 1.807) is 0 Å². The van der Waals surface area contributed by atoms with Gasteiger partial charge in [-0.05, 0) is 17.8 Å². The van der Waals surface area contributed by atoms with Crippen LogP contribution in [0.5, 0.6) is 0 Å². The maximum Gasteiger partial charge on any atom is -0.0414 e. The van der Waals surface area contributed by atoms with Crippen molar-refractivity contribution in [1.29, 1.82) is 0 Å². The van der Waals surface area contributed by atoms with Crippen molar-refractivity contribution in [3.63, 3.8) is 0 Å². The lowest BCUT2D eigenvalue weighted by Crippen LogP contribution is -2.12. The Morgan fingerprint density at radius 1 is 1.07 bits per heavy atom. The molecule has 0 N–H and O–H groups in total. The summed E-state index contributed by atoms with van der Waals surface area (Å²) < 4.78 is 0. The van der Waals surface area contributed by atoms with Gasteiger partial charge in [-0.2, -0.15) is 0 Å². The Morgan fingerprint density at radius 3 is 2.33 bits per heavy atom. The summed E-state index contributed by atoms with van der Waals surface area (Å²) >= 11 is 0. The summed E-state index contributed by atoms with van der Waals surface area (Å²) in [5.41, 5.74) is 0. The Labute approximate surface area is 96.8 Å². The fourth-order valence-electron chi connectivity index (χ4n) is 3.01. The molecule has 0 heterocycles. The minimum absolute atomic E-state index is 0.970. The minimum Gasteiger partial charge on any atom is -0.0654 e. The first kappa shape index (κ1) is 13.1. The fraction of sp³-hybridized carbons (Fsp3) is 1.00. The molecule has 0 amide bonds. The summed E-state index contributed by atoms with van der Waals surface area (Å²) in [6, 6.07) is 0. The lowest BCUT2D eigenvalue weighted by atomic mass is 9.80. The predicted molar refractivity (Wildman–Crippen MR) is 69.0 cm³/mol. The summed E-state index contributed by atoms with van der Waals surface area (Å²) in [6.45, 7) is 7.14. The molecule has 1 aliphatic rings. The molecule has 1 aliphatic carbocycles. The van der Waals surface area contributed by atoms with Gasteiger partial charge in [-0.25, -0.2) is 0 Å². The summed E-state index contributed by atoms with van der Waals surface area (Å²) in [6.07, 6.45) is 13.3. The maximum atomic E-state index is 2.42. The van der Waals surface area contributed by atoms with Crippen LogP contribution in [0.15, 0.2) is 0 Å². The van der Waals surface area contributed by atoms with E-state index in [1.165, 1.54) is 57.8 Å². The summed E-state index contributed by atoms with van der Waals surface area (Å²) in [5.74, 6) is 3.06. The van der Waals surface area contributed by atoms with Crippen LogP contribution in [0.1, 0.15) is 78.6 Å². The molecule has 0 aliphatic heterocycles. The number of rotatable bonds is 6. The van der Waals surface area contributed by atoms with Gasteiger partial charge >= 0.3 is 0 Å². The Bertz CT molecular complexity index is 142. The molecular weight excluding hydrogens is 180 g/mol. The van der Waals surface area contributed by atoms with Gasteiger partial charge in [0.2, 0.25) is 0 Å². The second-order valence-electron chi connectivity index (χ2n) is 5.95. The van der Waals surface area contributed by atoms with Gasteiger partial charge in [0.15, 0.2) is 0 Å². The highest BCUT2D eigenvalue weighted by Crippen LogP contribution is 2.31. The van der Waals surface area contributed by atoms with Gasteiger partial charge in [-0.3, -0.25) is 0 Å². The Kier molecular flexibility index (Phi) is 6.36. The first-order chi connectivity index (χ1) is 7.22. The van der Waals surface area contributed by atoms with Crippen LogP contribution < -0.4 is 0 Å². The van der Waals surface area contributed by atoms with Crippen molar-refractivity contribution in [2.45, 2.75) is 78.6 Å². The van der Waals surface area contributed by atoms with Gasteiger partial charge in [-0.15, -0.1) is 0 Å². The highest BCUT2D eigenvalue weighted by Gasteiger charge is 2.17. The van der Waals surface area contributed by atoms with E-state index in [0.29, 0.717) is 0 Å². The van der Waals surface area contributed by atoms with Crippen LogP contribution in [-0.2, 0) is 0 Å². The third kappa shape index (κ3) is 5.58. The Hall–Kier alpha value is 0. The molecular formula is C15H30. The van der Waals surface area contributed by atoms with Crippen molar-refractivity contribution in [2.24, 2.45) is 17.8 Å². The van der Waals surface area contributed by atoms with Crippen LogP contribution in [0.25, 0.3) is 0 Å². The second kappa shape index (κ2) is 7.30. The van der Waals surface area contributed by atoms with Gasteiger partial charge in [-0.1, -0.05) is 78.6 Å². The van der Waals surface area contributed by atoms with E-state index in [9.17, 15) is 0 Å². The highest BCUT2D eigenvalue weighted by atomic mass is 14.2. The zero-order chi connectivity index (χ0) is 11.1. The van der Waals surface area contributed by atoms with E-state index < -0.39 is 0 Å². The smallest absolute Gasteiger partial charge is 0.0414 e. The molecule has 90 valence electrons. The van der Waals surface area contributed by atoms with Crippen molar-refractivity contribution in [1.82, 2.24) is 0 Å². The molecule has 0 aromatic heterocycles. The van der Waals surface area contributed by atoms with Crippen molar-refractivity contribution in [3.05, 3.63) is 0 Å². The van der Waals surface area contributed by atoms with Crippen LogP contribution in [0.4, 0.5) is 0 Å². The van der Waals surface area contributed by atoms with E-state index in [2.05, 4.69) is 20.8 Å². The molecule has 1 atom stereocenters. The van der Waals surface area contributed by atoms with E-state index in [-0.39, 0.29) is 0 Å². The van der Waals surface area contributed by atoms with Crippen molar-refractivity contribution in [3.8, 4) is 0 Å². The van der Waals surface area contributed by atoms with E-state index in [0.717, 1.165) is 17.8 Å². The average molecular weight is 210 g/mol. The fourth-order valence-corrected chi connectivity index (χ4v) is 3.01. The maximum absolute atomic E-state index is 2.42. The molecule has 0 aromatic rings. The van der Waals surface area contributed by atoms with E-state index in [1.807, 2.05) is 0 Å². The lowest BCUT2D eigenvalue weighted by Gasteiger charge is -2.26. The van der Waals surface area contributed by atoms with Crippen LogP contribution >= 0.6 is 0 Å². The van der Waals surface area contributed by atoms with Crippen molar-refractivity contribution >= 4 is 0 Å². The molecule has 0 saturated heterocycles. The molecule has 0 unspecified atom stereocenters. The number of hydrogen-bond donors (Lipinski definition) is 0. The largest absolute Gasteiger partial charge is 0.0654 e. The van der Waals surface area contributed by atoms with Gasteiger partial charge < -0.3 is 0 Å². The third-order valence-corrected chi connectivity index (χ3v) is 4.23. The standard InChI is InChI=1S/C15H30/c1-4-6-13(2)7-5-8-15-11-9-14(3)10-12-15/h13-15H,4-12H2,1-3H3/t13-,14?,15?/m1/s1. The summed E-state index contributed by atoms with van der Waals surface area (Å²) in [5, 5.41) is 0. The molecule has 15 heavy (non-hydrogen) atoms. The monoisotopic (exact) mass is 210 g/mol. The molecule has 0 radical (unpaired) electrons. The topological polar surface area (TPSA) is 0 Å². The number of hydrogen-bond acceptors (Lipinski definition) is 0. The average Bonchev–Trinajstić information content (AvgIpc) is 2.21. The van der Waals surface area contributed by atoms with Crippen LogP contribution in [0.3, 0.4) is 0 Å². The molecule has 0 aromatic carbocycles. The molecule has 0 nitrogen and oxygen atoms in total. The SMILES string of the molecule is CCC[C@@H](C)CCCC1CCC(C)CC1. The molecule has 0 heteroatoms. The second-order valence-corrected chi connectivity index (χ2v) is 5.95. The van der Waals surface area contributed by atoms with Crippen LogP contribution in [0, 0.1) is 17.8 Å². The van der Waals surface area contributed by atoms with Gasteiger partial charge in [0, 0.05) is 0 Å². The summed E-state index contributed by atoms with van der Waals surface area (Å²) in [4.78, 5) is 0. The van der Waals surface area contributed by atoms with Gasteiger partial charge in [0.25, 0.3) is 0 Å². The predicted octanol–water partition coefficient (Wildman–Crippen LogP) is 5.42. The van der Waals surface area contributed by atoms with E-state index in [4.69, 9.17) is 0 Å². The normalized spacial score (nSPS) is 29.0. The van der Waals surface area contributed by atoms with Gasteiger partial charge in [0.05, 0.1) is 0 Å². The highest BCUT2D eigenvalue weighted by molar-refractivity contribution is 4.70.